The zero-order valence-electron chi connectivity index (χ0n) is 41.9. The Bertz CT molecular complexity index is 1220. The van der Waals surface area contributed by atoms with Crippen LogP contribution in [-0.4, -0.2) is 140 Å². The number of unbranched alkanes of at least 4 members (excludes halogenated alkanes) is 27. The standard InChI is InChI=1S/C53H99NO13/c1-3-5-7-9-11-13-15-17-18-19-20-21-22-23-24-25-27-29-31-33-35-37-45(58)54-41(42(57)36-34-32-30-28-26-16-14-12-10-8-6-4-2)40-64-52-50(63)48(61)51(44(39-56)66-52)67-53-49(62)47(60)46(59)43(38-55)65-53/h26,28,34,36,41-44,46-53,55-57,59-63H,3-25,27,29-33,35,37-40H2,1-2H3,(H,54,58)/b28-26+,36-34+. The molecule has 2 heterocycles. The molecular formula is C53H99NO13. The van der Waals surface area contributed by atoms with Crippen molar-refractivity contribution >= 4 is 5.91 Å². The van der Waals surface area contributed by atoms with Crippen LogP contribution in [0.15, 0.2) is 24.3 Å². The molecule has 14 nitrogen and oxygen atoms in total. The molecule has 2 aliphatic heterocycles. The molecule has 0 spiro atoms. The Hall–Kier alpha value is -1.53. The van der Waals surface area contributed by atoms with E-state index >= 15 is 0 Å². The summed E-state index contributed by atoms with van der Waals surface area (Å²) >= 11 is 0. The third kappa shape index (κ3) is 27.0. The lowest BCUT2D eigenvalue weighted by Crippen LogP contribution is -2.65. The SMILES string of the molecule is CCCCCCCC/C=C/CC/C=C/C(O)C(COC1OC(CO)C(OC2OC(CO)C(O)C(O)C2O)C(O)C1O)NC(=O)CCCCCCCCCCCCCCCCCCCCCCC. The molecule has 1 amide bonds. The molecule has 0 aromatic carbocycles. The van der Waals surface area contributed by atoms with Gasteiger partial charge in [-0.25, -0.2) is 0 Å². The minimum absolute atomic E-state index is 0.247. The van der Waals surface area contributed by atoms with E-state index in [1.165, 1.54) is 148 Å². The number of carbonyl (C=O) groups excluding carboxylic acids is 1. The number of rotatable bonds is 42. The van der Waals surface area contributed by atoms with Gasteiger partial charge >= 0.3 is 0 Å². The molecule has 2 aliphatic rings. The maximum atomic E-state index is 13.2. The third-order valence-electron chi connectivity index (χ3n) is 13.4. The van der Waals surface area contributed by atoms with E-state index in [2.05, 4.69) is 31.3 Å². The number of hydrogen-bond acceptors (Lipinski definition) is 13. The molecule has 0 radical (unpaired) electrons. The average Bonchev–Trinajstić information content (AvgIpc) is 3.32. The van der Waals surface area contributed by atoms with Gasteiger partial charge in [0.1, 0.15) is 48.8 Å². The Labute approximate surface area is 405 Å². The molecule has 394 valence electrons. The number of carbonyl (C=O) groups is 1. The maximum absolute atomic E-state index is 13.2. The number of hydrogen-bond donors (Lipinski definition) is 9. The van der Waals surface area contributed by atoms with Crippen LogP contribution in [-0.2, 0) is 23.7 Å². The first-order chi connectivity index (χ1) is 32.6. The lowest BCUT2D eigenvalue weighted by Gasteiger charge is -2.46. The van der Waals surface area contributed by atoms with Crippen LogP contribution >= 0.6 is 0 Å². The van der Waals surface area contributed by atoms with Gasteiger partial charge in [0, 0.05) is 6.42 Å². The Kier molecular flexibility index (Phi) is 36.9. The van der Waals surface area contributed by atoms with Crippen molar-refractivity contribution in [3.05, 3.63) is 24.3 Å². The molecule has 0 aromatic heterocycles. The molecule has 67 heavy (non-hydrogen) atoms. The van der Waals surface area contributed by atoms with Crippen LogP contribution in [0, 0.1) is 0 Å². The van der Waals surface area contributed by atoms with Gasteiger partial charge < -0.3 is 65.1 Å². The fraction of sp³-hybridized carbons (Fsp3) is 0.906. The Morgan fingerprint density at radius 2 is 0.955 bits per heavy atom. The van der Waals surface area contributed by atoms with E-state index < -0.39 is 86.8 Å². The van der Waals surface area contributed by atoms with Gasteiger partial charge in [-0.3, -0.25) is 4.79 Å². The van der Waals surface area contributed by atoms with Gasteiger partial charge in [-0.2, -0.15) is 0 Å². The lowest BCUT2D eigenvalue weighted by atomic mass is 9.97. The minimum atomic E-state index is -1.79. The van der Waals surface area contributed by atoms with E-state index in [1.54, 1.807) is 6.08 Å². The van der Waals surface area contributed by atoms with E-state index in [-0.39, 0.29) is 18.9 Å². The summed E-state index contributed by atoms with van der Waals surface area (Å²) in [5, 5.41) is 86.7. The Balaban J connectivity index is 1.78. The highest BCUT2D eigenvalue weighted by Gasteiger charge is 2.51. The van der Waals surface area contributed by atoms with Gasteiger partial charge in [0.15, 0.2) is 12.6 Å². The molecule has 2 rings (SSSR count). The first-order valence-electron chi connectivity index (χ1n) is 27.1. The summed E-state index contributed by atoms with van der Waals surface area (Å²) in [7, 11) is 0. The van der Waals surface area contributed by atoms with E-state index in [0.717, 1.165) is 32.1 Å². The largest absolute Gasteiger partial charge is 0.394 e. The van der Waals surface area contributed by atoms with Crippen molar-refractivity contribution < 1.29 is 64.6 Å². The van der Waals surface area contributed by atoms with E-state index in [1.807, 2.05) is 6.08 Å². The summed E-state index contributed by atoms with van der Waals surface area (Å²) in [6, 6.07) is -0.925. The predicted octanol–water partition coefficient (Wildman–Crippen LogP) is 7.72. The van der Waals surface area contributed by atoms with Crippen LogP contribution in [0.5, 0.6) is 0 Å². The predicted molar refractivity (Wildman–Crippen MR) is 263 cm³/mol. The van der Waals surface area contributed by atoms with Gasteiger partial charge in [-0.15, -0.1) is 0 Å². The summed E-state index contributed by atoms with van der Waals surface area (Å²) in [6.45, 7) is 2.76. The molecule has 12 unspecified atom stereocenters. The normalized spacial score (nSPS) is 26.7. The second-order valence-electron chi connectivity index (χ2n) is 19.4. The van der Waals surface area contributed by atoms with Crippen molar-refractivity contribution in [1.82, 2.24) is 5.32 Å². The number of allylic oxidation sites excluding steroid dienone is 3. The van der Waals surface area contributed by atoms with Gasteiger partial charge in [0.2, 0.25) is 5.91 Å². The fourth-order valence-corrected chi connectivity index (χ4v) is 8.95. The second kappa shape index (κ2) is 40.1. The number of ether oxygens (including phenoxy) is 4. The van der Waals surface area contributed by atoms with Crippen LogP contribution in [0.25, 0.3) is 0 Å². The van der Waals surface area contributed by atoms with Crippen LogP contribution in [0.3, 0.4) is 0 Å². The Morgan fingerprint density at radius 3 is 1.46 bits per heavy atom. The third-order valence-corrected chi connectivity index (χ3v) is 13.4. The molecule has 0 saturated carbocycles. The van der Waals surface area contributed by atoms with Crippen molar-refractivity contribution in [1.29, 1.82) is 0 Å². The monoisotopic (exact) mass is 958 g/mol. The van der Waals surface area contributed by atoms with Crippen LogP contribution in [0.2, 0.25) is 0 Å². The van der Waals surface area contributed by atoms with E-state index in [0.29, 0.717) is 12.8 Å². The van der Waals surface area contributed by atoms with E-state index in [9.17, 15) is 45.6 Å². The van der Waals surface area contributed by atoms with Crippen LogP contribution in [0.1, 0.15) is 213 Å². The number of aliphatic hydroxyl groups is 8. The van der Waals surface area contributed by atoms with Crippen molar-refractivity contribution in [2.24, 2.45) is 0 Å². The minimum Gasteiger partial charge on any atom is -0.394 e. The zero-order chi connectivity index (χ0) is 48.9. The highest BCUT2D eigenvalue weighted by Crippen LogP contribution is 2.30. The Morgan fingerprint density at radius 1 is 0.522 bits per heavy atom. The van der Waals surface area contributed by atoms with E-state index in [4.69, 9.17) is 18.9 Å². The summed E-state index contributed by atoms with van der Waals surface area (Å²) in [6.07, 6.45) is 28.0. The molecule has 0 aromatic rings. The molecule has 12 atom stereocenters. The summed E-state index contributed by atoms with van der Waals surface area (Å²) in [5.41, 5.74) is 0. The lowest BCUT2D eigenvalue weighted by molar-refractivity contribution is -0.359. The highest BCUT2D eigenvalue weighted by atomic mass is 16.7. The molecule has 14 heteroatoms. The topological polar surface area (TPSA) is 228 Å². The summed E-state index contributed by atoms with van der Waals surface area (Å²) in [4.78, 5) is 13.2. The zero-order valence-corrected chi connectivity index (χ0v) is 41.9. The quantitative estimate of drug-likeness (QED) is 0.0211. The fourth-order valence-electron chi connectivity index (χ4n) is 8.95. The maximum Gasteiger partial charge on any atom is 0.220 e. The van der Waals surface area contributed by atoms with Crippen molar-refractivity contribution in [2.45, 2.75) is 286 Å². The van der Waals surface area contributed by atoms with Crippen molar-refractivity contribution in [2.75, 3.05) is 19.8 Å². The molecular weight excluding hydrogens is 859 g/mol. The first kappa shape index (κ1) is 61.6. The molecule has 9 N–H and O–H groups in total. The van der Waals surface area contributed by atoms with Crippen LogP contribution in [0.4, 0.5) is 0 Å². The first-order valence-corrected chi connectivity index (χ1v) is 27.1. The van der Waals surface area contributed by atoms with Crippen molar-refractivity contribution in [3.8, 4) is 0 Å². The van der Waals surface area contributed by atoms with Gasteiger partial charge in [-0.05, 0) is 32.1 Å². The highest BCUT2D eigenvalue weighted by molar-refractivity contribution is 5.76. The number of amides is 1. The summed E-state index contributed by atoms with van der Waals surface area (Å²) in [5.74, 6) is -0.247. The summed E-state index contributed by atoms with van der Waals surface area (Å²) < 4.78 is 22.7. The van der Waals surface area contributed by atoms with Gasteiger partial charge in [0.05, 0.1) is 32.0 Å². The number of aliphatic hydroxyl groups excluding tert-OH is 8. The second-order valence-corrected chi connectivity index (χ2v) is 19.4. The smallest absolute Gasteiger partial charge is 0.220 e. The van der Waals surface area contributed by atoms with Gasteiger partial charge in [0.25, 0.3) is 0 Å². The molecule has 2 saturated heterocycles. The molecule has 0 bridgehead atoms. The number of nitrogens with one attached hydrogen (secondary N) is 1. The van der Waals surface area contributed by atoms with Gasteiger partial charge in [-0.1, -0.05) is 199 Å². The molecule has 2 fully saturated rings. The van der Waals surface area contributed by atoms with Crippen molar-refractivity contribution in [3.63, 3.8) is 0 Å². The molecule has 0 aliphatic carbocycles. The van der Waals surface area contributed by atoms with Crippen LogP contribution < -0.4 is 5.32 Å². The average molecular weight is 958 g/mol.